The highest BCUT2D eigenvalue weighted by Crippen LogP contribution is 2.21. The van der Waals surface area contributed by atoms with Gasteiger partial charge in [-0.05, 0) is 18.6 Å². The Bertz CT molecular complexity index is 464. The van der Waals surface area contributed by atoms with Crippen molar-refractivity contribution < 1.29 is 17.8 Å². The molecule has 0 saturated carbocycles. The largest absolute Gasteiger partial charge is 0.396 e. The van der Waals surface area contributed by atoms with E-state index in [0.717, 1.165) is 29.1 Å². The molecule has 0 radical (unpaired) electrons. The first-order chi connectivity index (χ1) is 8.04. The van der Waals surface area contributed by atoms with E-state index >= 15 is 0 Å². The summed E-state index contributed by atoms with van der Waals surface area (Å²) < 4.78 is 30.4. The van der Waals surface area contributed by atoms with Gasteiger partial charge in [-0.25, -0.2) is 0 Å². The van der Waals surface area contributed by atoms with Crippen LogP contribution in [0.5, 0.6) is 0 Å². The molecule has 0 atom stereocenters. The van der Waals surface area contributed by atoms with Gasteiger partial charge >= 0.3 is 10.1 Å². The number of hydrogen-bond acceptors (Lipinski definition) is 5. The molecule has 7 heteroatoms. The van der Waals surface area contributed by atoms with E-state index in [4.69, 9.17) is 9.39 Å². The van der Waals surface area contributed by atoms with Crippen LogP contribution in [0, 0.1) is 0 Å². The van der Waals surface area contributed by atoms with Crippen LogP contribution in [0.2, 0.25) is 0 Å². The number of oxime groups is 1. The van der Waals surface area contributed by atoms with E-state index in [-0.39, 0.29) is 4.21 Å². The summed E-state index contributed by atoms with van der Waals surface area (Å²) in [6.07, 6.45) is 4.09. The summed E-state index contributed by atoms with van der Waals surface area (Å²) in [4.78, 5) is 5.78. The molecule has 96 valence electrons. The third-order valence-electron chi connectivity index (χ3n) is 1.92. The molecular formula is C10H15NO4S2. The van der Waals surface area contributed by atoms with Crippen LogP contribution in [0.1, 0.15) is 24.6 Å². The van der Waals surface area contributed by atoms with E-state index in [0.29, 0.717) is 13.0 Å². The van der Waals surface area contributed by atoms with E-state index in [2.05, 4.69) is 12.1 Å². The molecule has 1 N–H and O–H groups in total. The molecule has 0 fully saturated rings. The van der Waals surface area contributed by atoms with Crippen molar-refractivity contribution in [2.45, 2.75) is 30.4 Å². The number of unbranched alkanes of at least 4 members (excludes halogenated alkanes) is 1. The van der Waals surface area contributed by atoms with Crippen LogP contribution in [0.4, 0.5) is 0 Å². The summed E-state index contributed by atoms with van der Waals surface area (Å²) in [7, 11) is -4.08. The SMILES string of the molecule is CCCCON=CCc1ccc(S(=O)(=O)O)s1. The van der Waals surface area contributed by atoms with Crippen molar-refractivity contribution in [2.75, 3.05) is 6.61 Å². The number of thiophene rings is 1. The minimum Gasteiger partial charge on any atom is -0.396 e. The average Bonchev–Trinajstić information content (AvgIpc) is 2.71. The van der Waals surface area contributed by atoms with Gasteiger partial charge in [0.1, 0.15) is 10.8 Å². The van der Waals surface area contributed by atoms with E-state index in [1.165, 1.54) is 6.07 Å². The van der Waals surface area contributed by atoms with Crippen LogP contribution < -0.4 is 0 Å². The lowest BCUT2D eigenvalue weighted by atomic mass is 10.4. The van der Waals surface area contributed by atoms with Crippen molar-refractivity contribution in [1.29, 1.82) is 0 Å². The molecule has 0 aromatic carbocycles. The predicted molar refractivity (Wildman–Crippen MR) is 67.2 cm³/mol. The summed E-state index contributed by atoms with van der Waals surface area (Å²) in [6.45, 7) is 2.66. The van der Waals surface area contributed by atoms with Crippen LogP contribution in [0.25, 0.3) is 0 Å². The van der Waals surface area contributed by atoms with Crippen LogP contribution >= 0.6 is 11.3 Å². The number of rotatable bonds is 7. The molecule has 0 amide bonds. The van der Waals surface area contributed by atoms with Crippen molar-refractivity contribution in [3.8, 4) is 0 Å². The molecule has 0 unspecified atom stereocenters. The Morgan fingerprint density at radius 3 is 2.88 bits per heavy atom. The first kappa shape index (κ1) is 14.1. The van der Waals surface area contributed by atoms with Gasteiger partial charge in [0.15, 0.2) is 0 Å². The maximum Gasteiger partial charge on any atom is 0.304 e. The second kappa shape index (κ2) is 6.73. The highest BCUT2D eigenvalue weighted by molar-refractivity contribution is 7.88. The van der Waals surface area contributed by atoms with Crippen molar-refractivity contribution in [1.82, 2.24) is 0 Å². The van der Waals surface area contributed by atoms with Crippen LogP contribution in [0.3, 0.4) is 0 Å². The van der Waals surface area contributed by atoms with E-state index < -0.39 is 10.1 Å². The van der Waals surface area contributed by atoms with E-state index in [1.54, 1.807) is 12.3 Å². The zero-order valence-corrected chi connectivity index (χ0v) is 11.1. The molecule has 0 spiro atoms. The normalized spacial score (nSPS) is 12.1. The maximum atomic E-state index is 10.8. The number of nitrogens with zero attached hydrogens (tertiary/aromatic N) is 1. The Kier molecular flexibility index (Phi) is 5.60. The summed E-state index contributed by atoms with van der Waals surface area (Å²) >= 11 is 1.02. The third kappa shape index (κ3) is 5.29. The third-order valence-corrected chi connectivity index (χ3v) is 4.35. The first-order valence-corrected chi connectivity index (χ1v) is 7.49. The number of hydrogen-bond donors (Lipinski definition) is 1. The lowest BCUT2D eigenvalue weighted by Gasteiger charge is -1.95. The molecule has 0 saturated heterocycles. The Morgan fingerprint density at radius 2 is 2.29 bits per heavy atom. The summed E-state index contributed by atoms with van der Waals surface area (Å²) in [5.41, 5.74) is 0. The summed E-state index contributed by atoms with van der Waals surface area (Å²) in [5, 5.41) is 3.75. The van der Waals surface area contributed by atoms with Gasteiger partial charge in [0, 0.05) is 17.5 Å². The molecular weight excluding hydrogens is 262 g/mol. The fourth-order valence-electron chi connectivity index (χ4n) is 1.05. The minimum atomic E-state index is -4.08. The smallest absolute Gasteiger partial charge is 0.304 e. The van der Waals surface area contributed by atoms with Gasteiger partial charge in [-0.15, -0.1) is 11.3 Å². The summed E-state index contributed by atoms with van der Waals surface area (Å²) in [5.74, 6) is 0. The van der Waals surface area contributed by atoms with E-state index in [9.17, 15) is 8.42 Å². The highest BCUT2D eigenvalue weighted by atomic mass is 32.3. The molecule has 0 aliphatic carbocycles. The molecule has 5 nitrogen and oxygen atoms in total. The van der Waals surface area contributed by atoms with Crippen LogP contribution in [-0.4, -0.2) is 25.8 Å². The fraction of sp³-hybridized carbons (Fsp3) is 0.500. The lowest BCUT2D eigenvalue weighted by Crippen LogP contribution is -1.93. The van der Waals surface area contributed by atoms with Crippen molar-refractivity contribution in [3.05, 3.63) is 17.0 Å². The molecule has 1 heterocycles. The van der Waals surface area contributed by atoms with E-state index in [1.807, 2.05) is 0 Å². The molecule has 17 heavy (non-hydrogen) atoms. The fourth-order valence-corrected chi connectivity index (χ4v) is 2.72. The van der Waals surface area contributed by atoms with Gasteiger partial charge in [0.2, 0.25) is 0 Å². The zero-order chi connectivity index (χ0) is 12.7. The lowest BCUT2D eigenvalue weighted by molar-refractivity contribution is 0.142. The zero-order valence-electron chi connectivity index (χ0n) is 9.50. The maximum absolute atomic E-state index is 10.8. The molecule has 0 bridgehead atoms. The van der Waals surface area contributed by atoms with Gasteiger partial charge in [0.05, 0.1) is 0 Å². The van der Waals surface area contributed by atoms with Crippen LogP contribution in [-0.2, 0) is 21.4 Å². The summed E-state index contributed by atoms with van der Waals surface area (Å²) in [6, 6.07) is 3.02. The molecule has 0 aliphatic heterocycles. The average molecular weight is 277 g/mol. The molecule has 1 aromatic rings. The second-order valence-electron chi connectivity index (χ2n) is 3.37. The first-order valence-electron chi connectivity index (χ1n) is 5.24. The monoisotopic (exact) mass is 277 g/mol. The van der Waals surface area contributed by atoms with Crippen LogP contribution in [0.15, 0.2) is 21.5 Å². The Morgan fingerprint density at radius 1 is 1.53 bits per heavy atom. The van der Waals surface area contributed by atoms with Crippen molar-refractivity contribution in [3.63, 3.8) is 0 Å². The Balaban J connectivity index is 2.40. The van der Waals surface area contributed by atoms with Gasteiger partial charge in [-0.3, -0.25) is 4.55 Å². The Hall–Kier alpha value is -0.920. The quantitative estimate of drug-likeness (QED) is 0.359. The highest BCUT2D eigenvalue weighted by Gasteiger charge is 2.11. The topological polar surface area (TPSA) is 76.0 Å². The molecule has 0 aliphatic rings. The standard InChI is InChI=1S/C10H15NO4S2/c1-2-3-8-15-11-7-6-9-4-5-10(16-9)17(12,13)14/h4-5,7H,2-3,6,8H2,1H3,(H,12,13,14). The minimum absolute atomic E-state index is 0.0483. The Labute approximate surface area is 105 Å². The predicted octanol–water partition coefficient (Wildman–Crippen LogP) is 2.34. The second-order valence-corrected chi connectivity index (χ2v) is 6.19. The molecule has 1 rings (SSSR count). The van der Waals surface area contributed by atoms with Crippen molar-refractivity contribution >= 4 is 27.7 Å². The van der Waals surface area contributed by atoms with Gasteiger partial charge in [0.25, 0.3) is 0 Å². The van der Waals surface area contributed by atoms with Gasteiger partial charge < -0.3 is 4.84 Å². The van der Waals surface area contributed by atoms with Crippen molar-refractivity contribution in [2.24, 2.45) is 5.16 Å². The molecule has 1 aromatic heterocycles. The van der Waals surface area contributed by atoms with Gasteiger partial charge in [-0.1, -0.05) is 18.5 Å². The van der Waals surface area contributed by atoms with Gasteiger partial charge in [-0.2, -0.15) is 8.42 Å².